The van der Waals surface area contributed by atoms with Gasteiger partial charge in [0.05, 0.1) is 6.54 Å². The number of likely N-dealkylation sites (N-methyl/N-ethyl adjacent to an activating group) is 1. The summed E-state index contributed by atoms with van der Waals surface area (Å²) < 4.78 is 24.3. The Balaban J connectivity index is 1.56. The maximum absolute atomic E-state index is 13.0. The van der Waals surface area contributed by atoms with Gasteiger partial charge < -0.3 is 14.1 Å². The van der Waals surface area contributed by atoms with E-state index >= 15 is 0 Å². The second kappa shape index (κ2) is 7.87. The number of amides is 1. The van der Waals surface area contributed by atoms with Crippen LogP contribution in [0.4, 0.5) is 4.39 Å². The predicted molar refractivity (Wildman–Crippen MR) is 97.7 cm³/mol. The Morgan fingerprint density at radius 3 is 2.42 bits per heavy atom. The van der Waals surface area contributed by atoms with E-state index in [1.165, 1.54) is 17.7 Å². The molecule has 134 valence electrons. The molecule has 5 heteroatoms. The number of aryl methyl sites for hydroxylation is 1. The predicted octanol–water partition coefficient (Wildman–Crippen LogP) is 4.55. The lowest BCUT2D eigenvalue weighted by Crippen LogP contribution is -2.30. The van der Waals surface area contributed by atoms with Crippen molar-refractivity contribution in [2.75, 3.05) is 20.2 Å². The van der Waals surface area contributed by atoms with Crippen LogP contribution in [0.1, 0.15) is 16.1 Å². The molecule has 0 saturated heterocycles. The van der Waals surface area contributed by atoms with Crippen LogP contribution in [0.25, 0.3) is 11.3 Å². The summed E-state index contributed by atoms with van der Waals surface area (Å²) in [5.41, 5.74) is 1.88. The number of hydrogen-bond donors (Lipinski definition) is 0. The number of furan rings is 1. The fraction of sp³-hybridized carbons (Fsp3) is 0.190. The normalized spacial score (nSPS) is 10.6. The number of rotatable bonds is 6. The highest BCUT2D eigenvalue weighted by Crippen LogP contribution is 2.23. The fourth-order valence-corrected chi connectivity index (χ4v) is 2.45. The highest BCUT2D eigenvalue weighted by atomic mass is 19.1. The molecule has 0 N–H and O–H groups in total. The summed E-state index contributed by atoms with van der Waals surface area (Å²) in [7, 11) is 1.70. The Bertz CT molecular complexity index is 869. The number of carbonyl (C=O) groups excluding carboxylic acids is 1. The van der Waals surface area contributed by atoms with Crippen molar-refractivity contribution in [2.45, 2.75) is 6.92 Å². The van der Waals surface area contributed by atoms with E-state index in [1.54, 1.807) is 36.2 Å². The lowest BCUT2D eigenvalue weighted by atomic mass is 10.2. The number of carbonyl (C=O) groups is 1. The molecule has 4 nitrogen and oxygen atoms in total. The largest absolute Gasteiger partial charge is 0.492 e. The molecule has 0 spiro atoms. The standard InChI is InChI=1S/C21H20FNO3/c1-15-3-9-18(10-4-15)25-14-13-23(2)21(24)20-12-11-19(26-20)16-5-7-17(22)8-6-16/h3-12H,13-14H2,1-2H3. The SMILES string of the molecule is Cc1ccc(OCCN(C)C(=O)c2ccc(-c3ccc(F)cc3)o2)cc1. The number of ether oxygens (including phenoxy) is 1. The molecule has 0 atom stereocenters. The average molecular weight is 353 g/mol. The quantitative estimate of drug-likeness (QED) is 0.653. The molecule has 0 aliphatic heterocycles. The summed E-state index contributed by atoms with van der Waals surface area (Å²) in [6.07, 6.45) is 0. The minimum atomic E-state index is -0.315. The molecule has 1 amide bonds. The first kappa shape index (κ1) is 17.7. The molecule has 0 fully saturated rings. The molecule has 0 bridgehead atoms. The van der Waals surface area contributed by atoms with E-state index in [0.29, 0.717) is 18.9 Å². The lowest BCUT2D eigenvalue weighted by molar-refractivity contribution is 0.0743. The zero-order valence-corrected chi connectivity index (χ0v) is 14.7. The minimum Gasteiger partial charge on any atom is -0.492 e. The van der Waals surface area contributed by atoms with Gasteiger partial charge in [-0.1, -0.05) is 17.7 Å². The summed E-state index contributed by atoms with van der Waals surface area (Å²) in [6, 6.07) is 17.0. The summed E-state index contributed by atoms with van der Waals surface area (Å²) >= 11 is 0. The van der Waals surface area contributed by atoms with Crippen LogP contribution in [0.2, 0.25) is 0 Å². The Kier molecular flexibility index (Phi) is 5.37. The van der Waals surface area contributed by atoms with Crippen LogP contribution in [0.3, 0.4) is 0 Å². The van der Waals surface area contributed by atoms with Crippen LogP contribution in [-0.2, 0) is 0 Å². The van der Waals surface area contributed by atoms with Crippen molar-refractivity contribution < 1.29 is 18.3 Å². The topological polar surface area (TPSA) is 42.7 Å². The van der Waals surface area contributed by atoms with Crippen molar-refractivity contribution in [1.29, 1.82) is 0 Å². The van der Waals surface area contributed by atoms with Gasteiger partial charge >= 0.3 is 0 Å². The average Bonchev–Trinajstić information content (AvgIpc) is 3.13. The maximum atomic E-state index is 13.0. The fourth-order valence-electron chi connectivity index (χ4n) is 2.45. The number of halogens is 1. The van der Waals surface area contributed by atoms with E-state index in [2.05, 4.69) is 0 Å². The van der Waals surface area contributed by atoms with Crippen LogP contribution in [-0.4, -0.2) is 31.0 Å². The maximum Gasteiger partial charge on any atom is 0.289 e. The van der Waals surface area contributed by atoms with Crippen molar-refractivity contribution >= 4 is 5.91 Å². The molecule has 3 aromatic rings. The highest BCUT2D eigenvalue weighted by Gasteiger charge is 2.16. The molecular weight excluding hydrogens is 333 g/mol. The lowest BCUT2D eigenvalue weighted by Gasteiger charge is -2.16. The minimum absolute atomic E-state index is 0.231. The summed E-state index contributed by atoms with van der Waals surface area (Å²) in [4.78, 5) is 14.0. The van der Waals surface area contributed by atoms with Crippen LogP contribution in [0, 0.1) is 12.7 Å². The van der Waals surface area contributed by atoms with Gasteiger partial charge in [0.1, 0.15) is 23.9 Å². The first-order valence-corrected chi connectivity index (χ1v) is 8.33. The molecule has 3 rings (SSSR count). The number of nitrogens with zero attached hydrogens (tertiary/aromatic N) is 1. The highest BCUT2D eigenvalue weighted by molar-refractivity contribution is 5.91. The summed E-state index contributed by atoms with van der Waals surface area (Å²) in [6.45, 7) is 2.83. The Morgan fingerprint density at radius 2 is 1.73 bits per heavy atom. The van der Waals surface area contributed by atoms with E-state index in [1.807, 2.05) is 31.2 Å². The molecular formula is C21H20FNO3. The van der Waals surface area contributed by atoms with Gasteiger partial charge in [0.25, 0.3) is 5.91 Å². The third kappa shape index (κ3) is 4.30. The van der Waals surface area contributed by atoms with Gasteiger partial charge in [-0.3, -0.25) is 4.79 Å². The Morgan fingerprint density at radius 1 is 1.04 bits per heavy atom. The molecule has 0 aliphatic rings. The zero-order valence-electron chi connectivity index (χ0n) is 14.7. The van der Waals surface area contributed by atoms with Crippen molar-refractivity contribution in [3.8, 4) is 17.1 Å². The molecule has 1 heterocycles. The first-order valence-electron chi connectivity index (χ1n) is 8.33. The number of benzene rings is 2. The molecule has 1 aromatic heterocycles. The Labute approximate surface area is 151 Å². The van der Waals surface area contributed by atoms with E-state index in [0.717, 1.165) is 11.3 Å². The molecule has 2 aromatic carbocycles. The van der Waals surface area contributed by atoms with Crippen molar-refractivity contribution in [1.82, 2.24) is 4.90 Å². The second-order valence-electron chi connectivity index (χ2n) is 6.06. The smallest absolute Gasteiger partial charge is 0.289 e. The van der Waals surface area contributed by atoms with Gasteiger partial charge in [-0.2, -0.15) is 0 Å². The van der Waals surface area contributed by atoms with Crippen LogP contribution in [0.5, 0.6) is 5.75 Å². The van der Waals surface area contributed by atoms with Gasteiger partial charge in [0.2, 0.25) is 0 Å². The molecule has 26 heavy (non-hydrogen) atoms. The van der Waals surface area contributed by atoms with Gasteiger partial charge in [0.15, 0.2) is 5.76 Å². The number of hydrogen-bond acceptors (Lipinski definition) is 3. The molecule has 0 radical (unpaired) electrons. The van der Waals surface area contributed by atoms with Gasteiger partial charge in [-0.25, -0.2) is 4.39 Å². The third-order valence-electron chi connectivity index (χ3n) is 4.01. The zero-order chi connectivity index (χ0) is 18.5. The van der Waals surface area contributed by atoms with E-state index < -0.39 is 0 Å². The summed E-state index contributed by atoms with van der Waals surface area (Å²) in [5.74, 6) is 0.989. The van der Waals surface area contributed by atoms with Gasteiger partial charge in [-0.05, 0) is 55.5 Å². The van der Waals surface area contributed by atoms with Crippen molar-refractivity contribution in [2.24, 2.45) is 0 Å². The van der Waals surface area contributed by atoms with Gasteiger partial charge in [-0.15, -0.1) is 0 Å². The third-order valence-corrected chi connectivity index (χ3v) is 4.01. The second-order valence-corrected chi connectivity index (χ2v) is 6.06. The van der Waals surface area contributed by atoms with Crippen LogP contribution >= 0.6 is 0 Å². The van der Waals surface area contributed by atoms with E-state index in [-0.39, 0.29) is 17.5 Å². The van der Waals surface area contributed by atoms with Crippen molar-refractivity contribution in [3.63, 3.8) is 0 Å². The molecule has 0 aliphatic carbocycles. The Hall–Kier alpha value is -3.08. The van der Waals surface area contributed by atoms with E-state index in [9.17, 15) is 9.18 Å². The van der Waals surface area contributed by atoms with E-state index in [4.69, 9.17) is 9.15 Å². The molecule has 0 unspecified atom stereocenters. The van der Waals surface area contributed by atoms with Gasteiger partial charge in [0, 0.05) is 12.6 Å². The van der Waals surface area contributed by atoms with Crippen molar-refractivity contribution in [3.05, 3.63) is 77.8 Å². The monoisotopic (exact) mass is 353 g/mol. The first-order chi connectivity index (χ1) is 12.5. The van der Waals surface area contributed by atoms with Crippen LogP contribution in [0.15, 0.2) is 65.1 Å². The van der Waals surface area contributed by atoms with Crippen LogP contribution < -0.4 is 4.74 Å². The molecule has 0 saturated carbocycles. The summed E-state index contributed by atoms with van der Waals surface area (Å²) in [5, 5.41) is 0.